The standard InChI is InChI=1S/C45H64F2N4O8S/c1-5-6-17-56-19-21-58-23-24-59-22-20-57-18-15-41(52)49-39(44(54)55)31-60-32-42(53)51(29-34-14-16-48-27-34)43(45(2,3)4)40-25-35(37-26-36(46)12-13-38(37)47)30-50(40)28-33-10-8-7-9-11-33/h7-13,25-26,30,34,39,43,48H,5-6,14-24,27-29,31-32H2,1-4H3,(H,49,52)(H,54,55)/t34?,39-,43-/m0/s1. The minimum absolute atomic E-state index is 0.0269. The third-order valence-corrected chi connectivity index (χ3v) is 11.1. The highest BCUT2D eigenvalue weighted by molar-refractivity contribution is 8.00. The Kier molecular flexibility index (Phi) is 21.0. The van der Waals surface area contributed by atoms with Crippen molar-refractivity contribution in [3.63, 3.8) is 0 Å². The van der Waals surface area contributed by atoms with E-state index in [0.717, 1.165) is 74.1 Å². The number of hydrogen-bond acceptors (Lipinski definition) is 9. The smallest absolute Gasteiger partial charge is 0.327 e. The molecule has 15 heteroatoms. The van der Waals surface area contributed by atoms with Crippen molar-refractivity contribution in [2.45, 2.75) is 72.0 Å². The molecule has 1 saturated heterocycles. The molecule has 1 unspecified atom stereocenters. The lowest BCUT2D eigenvalue weighted by atomic mass is 9.82. The number of thioether (sulfide) groups is 1. The molecule has 3 atom stereocenters. The van der Waals surface area contributed by atoms with Crippen LogP contribution in [0.3, 0.4) is 0 Å². The van der Waals surface area contributed by atoms with E-state index in [4.69, 9.17) is 18.9 Å². The van der Waals surface area contributed by atoms with Crippen molar-refractivity contribution in [3.8, 4) is 11.1 Å². The highest BCUT2D eigenvalue weighted by Crippen LogP contribution is 2.42. The number of nitrogens with zero attached hydrogens (tertiary/aromatic N) is 2. The van der Waals surface area contributed by atoms with E-state index in [9.17, 15) is 23.9 Å². The van der Waals surface area contributed by atoms with Crippen LogP contribution >= 0.6 is 11.8 Å². The number of aliphatic carboxylic acids is 1. The number of ether oxygens (including phenoxy) is 4. The van der Waals surface area contributed by atoms with Gasteiger partial charge in [-0.2, -0.15) is 0 Å². The molecule has 2 amide bonds. The first-order chi connectivity index (χ1) is 28.9. The van der Waals surface area contributed by atoms with E-state index in [-0.39, 0.29) is 48.5 Å². The number of nitrogens with one attached hydrogen (secondary N) is 2. The molecule has 2 aromatic carbocycles. The Morgan fingerprint density at radius 3 is 2.23 bits per heavy atom. The molecule has 4 rings (SSSR count). The minimum atomic E-state index is -1.21. The lowest BCUT2D eigenvalue weighted by Crippen LogP contribution is -2.46. The van der Waals surface area contributed by atoms with Crippen LogP contribution in [-0.2, 0) is 39.9 Å². The lowest BCUT2D eigenvalue weighted by molar-refractivity contribution is -0.141. The quantitative estimate of drug-likeness (QED) is 0.0688. The molecule has 1 aliphatic rings. The molecule has 3 aromatic rings. The monoisotopic (exact) mass is 858 g/mol. The van der Waals surface area contributed by atoms with Crippen LogP contribution in [0.2, 0.25) is 0 Å². The summed E-state index contributed by atoms with van der Waals surface area (Å²) >= 11 is 1.14. The number of amides is 2. The number of hydrogen-bond donors (Lipinski definition) is 3. The highest BCUT2D eigenvalue weighted by Gasteiger charge is 2.39. The van der Waals surface area contributed by atoms with Gasteiger partial charge < -0.3 is 44.2 Å². The first-order valence-electron chi connectivity index (χ1n) is 21.0. The Balaban J connectivity index is 1.38. The molecule has 0 bridgehead atoms. The molecule has 0 aliphatic carbocycles. The molecule has 332 valence electrons. The molecule has 1 aliphatic heterocycles. The van der Waals surface area contributed by atoms with E-state index < -0.39 is 41.0 Å². The average molecular weight is 859 g/mol. The van der Waals surface area contributed by atoms with Gasteiger partial charge in [-0.15, -0.1) is 11.8 Å². The second-order valence-electron chi connectivity index (χ2n) is 16.1. The number of benzene rings is 2. The molecule has 1 aromatic heterocycles. The normalized spacial score (nSPS) is 15.2. The fraction of sp³-hybridized carbons (Fsp3) is 0.578. The zero-order valence-electron chi connectivity index (χ0n) is 35.6. The number of carboxylic acid groups (broad SMARTS) is 1. The van der Waals surface area contributed by atoms with E-state index in [1.165, 1.54) is 6.07 Å². The molecular formula is C45H64F2N4O8S. The Hall–Kier alpha value is -3.86. The number of carbonyl (C=O) groups excluding carboxylic acids is 2. The van der Waals surface area contributed by atoms with E-state index in [1.807, 2.05) is 52.1 Å². The Morgan fingerprint density at radius 2 is 1.62 bits per heavy atom. The first kappa shape index (κ1) is 48.8. The molecule has 0 saturated carbocycles. The highest BCUT2D eigenvalue weighted by atomic mass is 32.2. The summed E-state index contributed by atoms with van der Waals surface area (Å²) in [5.41, 5.74) is 1.88. The number of unbranched alkanes of at least 4 members (excludes halogenated alkanes) is 1. The van der Waals surface area contributed by atoms with E-state index in [1.54, 1.807) is 0 Å². The fourth-order valence-corrected chi connectivity index (χ4v) is 7.99. The van der Waals surface area contributed by atoms with Crippen molar-refractivity contribution in [1.82, 2.24) is 20.1 Å². The molecular weight excluding hydrogens is 795 g/mol. The van der Waals surface area contributed by atoms with Crippen LogP contribution in [0, 0.1) is 23.0 Å². The maximum absolute atomic E-state index is 15.2. The second-order valence-corrected chi connectivity index (χ2v) is 17.1. The number of aromatic nitrogens is 1. The van der Waals surface area contributed by atoms with Gasteiger partial charge in [-0.3, -0.25) is 9.59 Å². The molecule has 2 heterocycles. The predicted molar refractivity (Wildman–Crippen MR) is 230 cm³/mol. The Morgan fingerprint density at radius 1 is 0.950 bits per heavy atom. The van der Waals surface area contributed by atoms with Gasteiger partial charge in [0.15, 0.2) is 0 Å². The Labute approximate surface area is 358 Å². The van der Waals surface area contributed by atoms with Crippen LogP contribution in [-0.4, -0.2) is 122 Å². The molecule has 0 spiro atoms. The van der Waals surface area contributed by atoms with Gasteiger partial charge in [0.05, 0.1) is 58.0 Å². The third-order valence-electron chi connectivity index (χ3n) is 10.1. The van der Waals surface area contributed by atoms with Crippen LogP contribution in [0.4, 0.5) is 8.78 Å². The number of carbonyl (C=O) groups is 3. The molecule has 1 fully saturated rings. The molecule has 0 radical (unpaired) electrons. The number of halogens is 2. The summed E-state index contributed by atoms with van der Waals surface area (Å²) in [6.45, 7) is 14.1. The average Bonchev–Trinajstić information content (AvgIpc) is 3.88. The van der Waals surface area contributed by atoms with Gasteiger partial charge in [-0.25, -0.2) is 13.6 Å². The number of carboxylic acids is 1. The molecule has 60 heavy (non-hydrogen) atoms. The van der Waals surface area contributed by atoms with Crippen molar-refractivity contribution < 1.29 is 47.2 Å². The fourth-order valence-electron chi connectivity index (χ4n) is 7.07. The van der Waals surface area contributed by atoms with E-state index in [2.05, 4.69) is 38.3 Å². The zero-order valence-corrected chi connectivity index (χ0v) is 36.4. The summed E-state index contributed by atoms with van der Waals surface area (Å²) in [4.78, 5) is 41.2. The molecule has 3 N–H and O–H groups in total. The number of rotatable bonds is 28. The maximum Gasteiger partial charge on any atom is 0.327 e. The van der Waals surface area contributed by atoms with Gasteiger partial charge in [0, 0.05) is 54.9 Å². The topological polar surface area (TPSA) is 141 Å². The SMILES string of the molecule is CCCCOCCOCCOCCOCCC(=O)N[C@@H](CSCC(=O)N(CC1CCNC1)[C@@H](c1cc(-c2cc(F)ccc2F)cn1Cc1ccccc1)C(C)(C)C)C(=O)O. The summed E-state index contributed by atoms with van der Waals surface area (Å²) in [6, 6.07) is 13.3. The predicted octanol–water partition coefficient (Wildman–Crippen LogP) is 6.57. The van der Waals surface area contributed by atoms with Crippen molar-refractivity contribution in [1.29, 1.82) is 0 Å². The van der Waals surface area contributed by atoms with Gasteiger partial charge in [0.1, 0.15) is 17.7 Å². The van der Waals surface area contributed by atoms with E-state index >= 15 is 4.39 Å². The Bertz CT molecular complexity index is 1750. The largest absolute Gasteiger partial charge is 0.480 e. The van der Waals surface area contributed by atoms with Crippen LogP contribution in [0.25, 0.3) is 11.1 Å². The first-order valence-corrected chi connectivity index (χ1v) is 22.1. The van der Waals surface area contributed by atoms with Gasteiger partial charge in [0.25, 0.3) is 0 Å². The third kappa shape index (κ3) is 16.5. The maximum atomic E-state index is 15.2. The molecule has 12 nitrogen and oxygen atoms in total. The summed E-state index contributed by atoms with van der Waals surface area (Å²) in [5.74, 6) is -2.85. The van der Waals surface area contributed by atoms with Crippen LogP contribution < -0.4 is 10.6 Å². The van der Waals surface area contributed by atoms with Crippen LogP contribution in [0.1, 0.15) is 70.7 Å². The van der Waals surface area contributed by atoms with Crippen molar-refractivity contribution >= 4 is 29.5 Å². The zero-order chi connectivity index (χ0) is 43.3. The minimum Gasteiger partial charge on any atom is -0.480 e. The summed E-state index contributed by atoms with van der Waals surface area (Å²) < 4.78 is 53.6. The van der Waals surface area contributed by atoms with Gasteiger partial charge >= 0.3 is 5.97 Å². The van der Waals surface area contributed by atoms with E-state index in [0.29, 0.717) is 51.7 Å². The summed E-state index contributed by atoms with van der Waals surface area (Å²) in [5, 5.41) is 15.9. The van der Waals surface area contributed by atoms with Crippen molar-refractivity contribution in [2.75, 3.05) is 84.0 Å². The summed E-state index contributed by atoms with van der Waals surface area (Å²) in [7, 11) is 0. The van der Waals surface area contributed by atoms with Gasteiger partial charge in [-0.05, 0) is 67.1 Å². The van der Waals surface area contributed by atoms with Crippen molar-refractivity contribution in [3.05, 3.63) is 83.7 Å². The van der Waals surface area contributed by atoms with Crippen molar-refractivity contribution in [2.24, 2.45) is 11.3 Å². The lowest BCUT2D eigenvalue weighted by Gasteiger charge is -2.42. The van der Waals surface area contributed by atoms with Gasteiger partial charge in [-0.1, -0.05) is 64.4 Å². The van der Waals surface area contributed by atoms with Gasteiger partial charge in [0.2, 0.25) is 11.8 Å². The van der Waals surface area contributed by atoms with Crippen LogP contribution in [0.5, 0.6) is 0 Å². The second kappa shape index (κ2) is 25.8. The van der Waals surface area contributed by atoms with Crippen LogP contribution in [0.15, 0.2) is 60.8 Å². The summed E-state index contributed by atoms with van der Waals surface area (Å²) in [6.07, 6.45) is 4.79.